The maximum absolute atomic E-state index is 9.54. The number of nitrogens with zero attached hydrogens (tertiary/aromatic N) is 2. The van der Waals surface area contributed by atoms with Gasteiger partial charge in [-0.1, -0.05) is 40.5 Å². The van der Waals surface area contributed by atoms with Gasteiger partial charge in [0.25, 0.3) is 0 Å². The molecule has 0 saturated carbocycles. The summed E-state index contributed by atoms with van der Waals surface area (Å²) in [7, 11) is 0. The van der Waals surface area contributed by atoms with Crippen molar-refractivity contribution in [2.45, 2.75) is 78.9 Å². The minimum atomic E-state index is -0.00794. The molecule has 21 heavy (non-hydrogen) atoms. The van der Waals surface area contributed by atoms with Crippen molar-refractivity contribution in [3.63, 3.8) is 0 Å². The van der Waals surface area contributed by atoms with Gasteiger partial charge in [0.05, 0.1) is 6.61 Å². The van der Waals surface area contributed by atoms with Crippen LogP contribution in [-0.4, -0.2) is 22.7 Å². The SMILES string of the molecule is CCCCCN(c1cc(CO)cc(C(C)(C)C)n1)C(C)C. The molecule has 0 bridgehead atoms. The number of hydrogen-bond acceptors (Lipinski definition) is 3. The molecule has 0 radical (unpaired) electrons. The molecule has 1 N–H and O–H groups in total. The molecule has 0 saturated heterocycles. The number of pyridine rings is 1. The zero-order chi connectivity index (χ0) is 16.0. The van der Waals surface area contributed by atoms with Crippen LogP contribution < -0.4 is 4.90 Å². The Morgan fingerprint density at radius 1 is 1.19 bits per heavy atom. The fraction of sp³-hybridized carbons (Fsp3) is 0.722. The Balaban J connectivity index is 3.11. The average molecular weight is 292 g/mol. The molecule has 1 aromatic rings. The number of anilines is 1. The zero-order valence-corrected chi connectivity index (χ0v) is 14.6. The summed E-state index contributed by atoms with van der Waals surface area (Å²) in [6.45, 7) is 14.2. The minimum Gasteiger partial charge on any atom is -0.392 e. The van der Waals surface area contributed by atoms with E-state index in [-0.39, 0.29) is 12.0 Å². The molecule has 0 spiro atoms. The molecule has 0 fully saturated rings. The van der Waals surface area contributed by atoms with Crippen molar-refractivity contribution in [1.29, 1.82) is 0 Å². The van der Waals surface area contributed by atoms with Crippen LogP contribution in [0, 0.1) is 0 Å². The van der Waals surface area contributed by atoms with Crippen LogP contribution in [0.15, 0.2) is 12.1 Å². The predicted molar refractivity (Wildman–Crippen MR) is 90.9 cm³/mol. The maximum atomic E-state index is 9.54. The number of unbranched alkanes of at least 4 members (excludes halogenated alkanes) is 2. The van der Waals surface area contributed by atoms with Crippen LogP contribution in [0.3, 0.4) is 0 Å². The smallest absolute Gasteiger partial charge is 0.129 e. The molecule has 0 amide bonds. The number of aliphatic hydroxyl groups excluding tert-OH is 1. The van der Waals surface area contributed by atoms with Crippen LogP contribution >= 0.6 is 0 Å². The fourth-order valence-corrected chi connectivity index (χ4v) is 2.36. The van der Waals surface area contributed by atoms with Gasteiger partial charge in [-0.3, -0.25) is 0 Å². The Hall–Kier alpha value is -1.09. The molecule has 1 aromatic heterocycles. The van der Waals surface area contributed by atoms with Gasteiger partial charge >= 0.3 is 0 Å². The van der Waals surface area contributed by atoms with Gasteiger partial charge in [0.2, 0.25) is 0 Å². The van der Waals surface area contributed by atoms with Gasteiger partial charge in [-0.15, -0.1) is 0 Å². The largest absolute Gasteiger partial charge is 0.392 e. The molecule has 0 aliphatic rings. The first-order chi connectivity index (χ1) is 9.79. The summed E-state index contributed by atoms with van der Waals surface area (Å²) in [5.74, 6) is 0.998. The molecule has 0 atom stereocenters. The van der Waals surface area contributed by atoms with Gasteiger partial charge in [-0.05, 0) is 38.0 Å². The second-order valence-corrected chi connectivity index (χ2v) is 7.12. The Bertz CT molecular complexity index is 435. The second-order valence-electron chi connectivity index (χ2n) is 7.12. The van der Waals surface area contributed by atoms with Gasteiger partial charge in [-0.25, -0.2) is 4.98 Å². The highest BCUT2D eigenvalue weighted by molar-refractivity contribution is 5.44. The van der Waals surface area contributed by atoms with Crippen molar-refractivity contribution in [3.8, 4) is 0 Å². The number of aromatic nitrogens is 1. The molecular weight excluding hydrogens is 260 g/mol. The highest BCUT2D eigenvalue weighted by Gasteiger charge is 2.20. The van der Waals surface area contributed by atoms with Crippen molar-refractivity contribution in [3.05, 3.63) is 23.4 Å². The van der Waals surface area contributed by atoms with E-state index in [2.05, 4.69) is 46.4 Å². The first-order valence-corrected chi connectivity index (χ1v) is 8.18. The third-order valence-corrected chi connectivity index (χ3v) is 3.74. The van der Waals surface area contributed by atoms with Gasteiger partial charge in [0.15, 0.2) is 0 Å². The summed E-state index contributed by atoms with van der Waals surface area (Å²) in [6, 6.07) is 4.46. The molecule has 1 rings (SSSR count). The fourth-order valence-electron chi connectivity index (χ4n) is 2.36. The van der Waals surface area contributed by atoms with Crippen molar-refractivity contribution in [2.75, 3.05) is 11.4 Å². The van der Waals surface area contributed by atoms with Crippen LogP contribution in [0.25, 0.3) is 0 Å². The molecule has 1 heterocycles. The van der Waals surface area contributed by atoms with E-state index in [1.807, 2.05) is 12.1 Å². The highest BCUT2D eigenvalue weighted by Crippen LogP contribution is 2.26. The molecule has 0 aliphatic heterocycles. The van der Waals surface area contributed by atoms with E-state index < -0.39 is 0 Å². The molecule has 3 heteroatoms. The summed E-state index contributed by atoms with van der Waals surface area (Å²) >= 11 is 0. The Labute approximate surface area is 130 Å². The topological polar surface area (TPSA) is 36.4 Å². The van der Waals surface area contributed by atoms with Crippen LogP contribution in [0.1, 0.15) is 72.1 Å². The summed E-state index contributed by atoms with van der Waals surface area (Å²) in [5, 5.41) is 9.54. The average Bonchev–Trinajstić information content (AvgIpc) is 2.41. The third kappa shape index (κ3) is 5.31. The normalized spacial score (nSPS) is 12.0. The molecule has 3 nitrogen and oxygen atoms in total. The van der Waals surface area contributed by atoms with Crippen LogP contribution in [0.4, 0.5) is 5.82 Å². The summed E-state index contributed by atoms with van der Waals surface area (Å²) in [4.78, 5) is 7.22. The first kappa shape index (κ1) is 18.0. The van der Waals surface area contributed by atoms with Crippen molar-refractivity contribution < 1.29 is 5.11 Å². The minimum absolute atomic E-state index is 0.00794. The van der Waals surface area contributed by atoms with E-state index in [1.54, 1.807) is 0 Å². The van der Waals surface area contributed by atoms with Crippen LogP contribution in [-0.2, 0) is 12.0 Å². The first-order valence-electron chi connectivity index (χ1n) is 8.18. The summed E-state index contributed by atoms with van der Waals surface area (Å²) in [5.41, 5.74) is 1.99. The van der Waals surface area contributed by atoms with E-state index in [0.717, 1.165) is 23.6 Å². The van der Waals surface area contributed by atoms with E-state index in [9.17, 15) is 5.11 Å². The van der Waals surface area contributed by atoms with Gasteiger partial charge < -0.3 is 10.0 Å². The van der Waals surface area contributed by atoms with E-state index in [4.69, 9.17) is 4.98 Å². The standard InChI is InChI=1S/C18H32N2O/c1-7-8-9-10-20(14(2)3)17-12-15(13-21)11-16(19-17)18(4,5)6/h11-12,14,21H,7-10,13H2,1-6H3. The highest BCUT2D eigenvalue weighted by atomic mass is 16.3. The van der Waals surface area contributed by atoms with E-state index >= 15 is 0 Å². The number of rotatable bonds is 7. The molecular formula is C18H32N2O. The number of hydrogen-bond donors (Lipinski definition) is 1. The van der Waals surface area contributed by atoms with Crippen LogP contribution in [0.2, 0.25) is 0 Å². The maximum Gasteiger partial charge on any atom is 0.129 e. The Kier molecular flexibility index (Phi) is 6.66. The van der Waals surface area contributed by atoms with E-state index in [1.165, 1.54) is 19.3 Å². The van der Waals surface area contributed by atoms with Crippen molar-refractivity contribution in [1.82, 2.24) is 4.98 Å². The summed E-state index contributed by atoms with van der Waals surface area (Å²) < 4.78 is 0. The zero-order valence-electron chi connectivity index (χ0n) is 14.6. The van der Waals surface area contributed by atoms with Gasteiger partial charge in [0.1, 0.15) is 5.82 Å². The molecule has 0 aliphatic carbocycles. The lowest BCUT2D eigenvalue weighted by molar-refractivity contribution is 0.281. The molecule has 0 aromatic carbocycles. The Morgan fingerprint density at radius 2 is 1.86 bits per heavy atom. The number of aliphatic hydroxyl groups is 1. The van der Waals surface area contributed by atoms with Crippen molar-refractivity contribution >= 4 is 5.82 Å². The lowest BCUT2D eigenvalue weighted by Gasteiger charge is -2.30. The van der Waals surface area contributed by atoms with Gasteiger partial charge in [-0.2, -0.15) is 0 Å². The van der Waals surface area contributed by atoms with Gasteiger partial charge in [0, 0.05) is 23.7 Å². The van der Waals surface area contributed by atoms with Crippen molar-refractivity contribution in [2.24, 2.45) is 0 Å². The quantitative estimate of drug-likeness (QED) is 0.762. The second kappa shape index (κ2) is 7.79. The Morgan fingerprint density at radius 3 is 2.33 bits per heavy atom. The van der Waals surface area contributed by atoms with E-state index in [0.29, 0.717) is 6.04 Å². The summed E-state index contributed by atoms with van der Waals surface area (Å²) in [6.07, 6.45) is 3.66. The third-order valence-electron chi connectivity index (χ3n) is 3.74. The van der Waals surface area contributed by atoms with Crippen LogP contribution in [0.5, 0.6) is 0 Å². The molecule has 120 valence electrons. The predicted octanol–water partition coefficient (Wildman–Crippen LogP) is 4.28. The lowest BCUT2D eigenvalue weighted by atomic mass is 9.90. The monoisotopic (exact) mass is 292 g/mol. The lowest BCUT2D eigenvalue weighted by Crippen LogP contribution is -2.33. The molecule has 0 unspecified atom stereocenters.